The molecule has 2 aromatic heterocycles. The molecule has 1 aliphatic heterocycles. The minimum absolute atomic E-state index is 0. The Morgan fingerprint density at radius 2 is 1.08 bits per heavy atom. The van der Waals surface area contributed by atoms with Gasteiger partial charge in [-0.3, -0.25) is 4.99 Å². The molecule has 0 amide bonds. The van der Waals surface area contributed by atoms with E-state index >= 15 is 0 Å². The second-order valence-corrected chi connectivity index (χ2v) is 11.3. The third-order valence-corrected chi connectivity index (χ3v) is 8.28. The molecule has 7 aromatic rings. The molecule has 4 heteroatoms. The number of nitrogens with zero attached hydrogens (tertiary/aromatic N) is 3. The summed E-state index contributed by atoms with van der Waals surface area (Å²) < 4.78 is 0. The number of hydrogen-bond acceptors (Lipinski definition) is 3. The third-order valence-electron chi connectivity index (χ3n) is 8.28. The molecule has 5 aromatic carbocycles. The summed E-state index contributed by atoms with van der Waals surface area (Å²) in [5.41, 5.74) is 6.57. The van der Waals surface area contributed by atoms with Crippen LogP contribution in [0, 0.1) is 24.1 Å². The predicted molar refractivity (Wildman–Crippen MR) is 198 cm³/mol. The molecule has 49 heavy (non-hydrogen) atoms. The molecular weight excluding hydrogens is 775 g/mol. The number of dihydropyridines is 1. The van der Waals surface area contributed by atoms with Gasteiger partial charge in [0.05, 0.1) is 6.04 Å². The molecule has 0 bridgehead atoms. The van der Waals surface area contributed by atoms with Crippen molar-refractivity contribution in [2.75, 3.05) is 0 Å². The number of pyridine rings is 2. The van der Waals surface area contributed by atoms with Crippen molar-refractivity contribution >= 4 is 27.8 Å². The number of hydrogen-bond donors (Lipinski definition) is 0. The summed E-state index contributed by atoms with van der Waals surface area (Å²) in [6.45, 7) is 0. The number of rotatable bonds is 3. The average molecular weight is 807 g/mol. The van der Waals surface area contributed by atoms with Crippen LogP contribution in [0.3, 0.4) is 0 Å². The smallest absolute Gasteiger partial charge is 0.0629 e. The summed E-state index contributed by atoms with van der Waals surface area (Å²) in [7, 11) is 0. The molecular formula is C45H32IrN3-3. The van der Waals surface area contributed by atoms with Crippen molar-refractivity contribution in [3.63, 3.8) is 0 Å². The van der Waals surface area contributed by atoms with Crippen LogP contribution in [0.5, 0.6) is 0 Å². The number of aromatic nitrogens is 2. The Balaban J connectivity index is 0.000000126. The Hall–Kier alpha value is -5.54. The summed E-state index contributed by atoms with van der Waals surface area (Å²) in [6.07, 6.45) is 16.2. The van der Waals surface area contributed by atoms with E-state index in [4.69, 9.17) is 0 Å². The van der Waals surface area contributed by atoms with Gasteiger partial charge in [-0.25, -0.2) is 0 Å². The van der Waals surface area contributed by atoms with Gasteiger partial charge in [-0.2, -0.15) is 30.3 Å². The van der Waals surface area contributed by atoms with Gasteiger partial charge in [0, 0.05) is 44.6 Å². The number of allylic oxidation sites excluding steroid dienone is 4. The van der Waals surface area contributed by atoms with E-state index in [1.165, 1.54) is 27.1 Å². The molecule has 2 unspecified atom stereocenters. The first-order chi connectivity index (χ1) is 23.8. The Bertz CT molecular complexity index is 2120. The zero-order valence-electron chi connectivity index (χ0n) is 26.7. The van der Waals surface area contributed by atoms with Crippen LogP contribution in [0.25, 0.3) is 44.1 Å². The van der Waals surface area contributed by atoms with E-state index in [0.717, 1.165) is 28.1 Å². The first kappa shape index (κ1) is 33.4. The second kappa shape index (κ2) is 16.5. The normalized spacial score (nSPS) is 15.5. The topological polar surface area (TPSA) is 38.1 Å². The van der Waals surface area contributed by atoms with Crippen molar-refractivity contribution < 1.29 is 20.1 Å². The van der Waals surface area contributed by atoms with Crippen LogP contribution < -0.4 is 0 Å². The van der Waals surface area contributed by atoms with E-state index in [2.05, 4.69) is 93.9 Å². The fourth-order valence-corrected chi connectivity index (χ4v) is 5.96. The molecule has 0 N–H and O–H groups in total. The minimum Gasteiger partial charge on any atom is -0.304 e. The largest absolute Gasteiger partial charge is 0.304 e. The Morgan fingerprint density at radius 1 is 0.531 bits per heavy atom. The van der Waals surface area contributed by atoms with Crippen LogP contribution in [0.4, 0.5) is 0 Å². The Morgan fingerprint density at radius 3 is 1.63 bits per heavy atom. The molecule has 0 spiro atoms. The molecule has 0 saturated heterocycles. The fraction of sp³-hybridized carbons (Fsp3) is 0.0444. The molecule has 0 fully saturated rings. The standard InChI is InChI=1S/C15H12N.2C15H10N.Ir/c3*1-2-7-13(8-3-1)15-14-9-5-4-6-12(14)10-11-16-15;/h1-7,9-11,14-15H;2*1-7,9-11H;/q3*-1;. The first-order valence-corrected chi connectivity index (χ1v) is 16.0. The monoisotopic (exact) mass is 807 g/mol. The van der Waals surface area contributed by atoms with Gasteiger partial charge in [-0.1, -0.05) is 72.8 Å². The van der Waals surface area contributed by atoms with E-state index in [-0.39, 0.29) is 26.1 Å². The second-order valence-electron chi connectivity index (χ2n) is 11.3. The van der Waals surface area contributed by atoms with Gasteiger partial charge in [0.15, 0.2) is 0 Å². The van der Waals surface area contributed by atoms with Crippen LogP contribution >= 0.6 is 0 Å². The summed E-state index contributed by atoms with van der Waals surface area (Å²) in [4.78, 5) is 13.5. The van der Waals surface area contributed by atoms with Crippen LogP contribution in [0.2, 0.25) is 0 Å². The van der Waals surface area contributed by atoms with E-state index < -0.39 is 0 Å². The number of fused-ring (bicyclic) bond motifs is 3. The summed E-state index contributed by atoms with van der Waals surface area (Å²) in [5.74, 6) is 0.369. The molecule has 2 aliphatic rings. The quantitative estimate of drug-likeness (QED) is 0.167. The number of aliphatic imine (C=N–C) groups is 1. The molecule has 0 saturated carbocycles. The number of benzene rings is 5. The predicted octanol–water partition coefficient (Wildman–Crippen LogP) is 10.7. The van der Waals surface area contributed by atoms with Crippen molar-refractivity contribution in [1.29, 1.82) is 0 Å². The summed E-state index contributed by atoms with van der Waals surface area (Å²) >= 11 is 0. The molecule has 3 heterocycles. The third kappa shape index (κ3) is 7.96. The van der Waals surface area contributed by atoms with Crippen LogP contribution in [-0.2, 0) is 20.1 Å². The van der Waals surface area contributed by atoms with Gasteiger partial charge in [0.2, 0.25) is 0 Å². The van der Waals surface area contributed by atoms with Crippen molar-refractivity contribution in [3.05, 3.63) is 206 Å². The van der Waals surface area contributed by atoms with E-state index in [0.29, 0.717) is 5.92 Å². The molecule has 1 aliphatic carbocycles. The van der Waals surface area contributed by atoms with Crippen molar-refractivity contribution in [3.8, 4) is 22.5 Å². The SMILES string of the molecule is [Ir].[c-]1ccccc1-c1nccc2ccccc12.[c-]1ccccc1-c1nccc2ccccc12.[c-]1ccccc1C1N=CC=C2C=CC=CC21. The Labute approximate surface area is 301 Å². The maximum absolute atomic E-state index is 4.57. The van der Waals surface area contributed by atoms with Crippen molar-refractivity contribution in [1.82, 2.24) is 9.97 Å². The van der Waals surface area contributed by atoms with Crippen LogP contribution in [0.1, 0.15) is 11.6 Å². The minimum atomic E-state index is 0. The van der Waals surface area contributed by atoms with E-state index in [1.54, 1.807) is 0 Å². The summed E-state index contributed by atoms with van der Waals surface area (Å²) in [6, 6.07) is 54.4. The Kier molecular flexibility index (Phi) is 11.3. The molecule has 3 nitrogen and oxygen atoms in total. The zero-order valence-corrected chi connectivity index (χ0v) is 29.0. The van der Waals surface area contributed by atoms with Crippen molar-refractivity contribution in [2.24, 2.45) is 10.9 Å². The van der Waals surface area contributed by atoms with Gasteiger partial charge in [0.25, 0.3) is 0 Å². The maximum atomic E-state index is 4.57. The van der Waals surface area contributed by atoms with Gasteiger partial charge < -0.3 is 9.97 Å². The van der Waals surface area contributed by atoms with Crippen LogP contribution in [-0.4, -0.2) is 16.2 Å². The average Bonchev–Trinajstić information content (AvgIpc) is 3.19. The van der Waals surface area contributed by atoms with Crippen molar-refractivity contribution in [2.45, 2.75) is 6.04 Å². The zero-order chi connectivity index (χ0) is 32.4. The van der Waals surface area contributed by atoms with E-state index in [9.17, 15) is 0 Å². The van der Waals surface area contributed by atoms with Gasteiger partial charge in [-0.15, -0.1) is 77.4 Å². The fourth-order valence-electron chi connectivity index (χ4n) is 5.96. The molecule has 2 atom stereocenters. The summed E-state index contributed by atoms with van der Waals surface area (Å²) in [5, 5.41) is 4.77. The van der Waals surface area contributed by atoms with Crippen LogP contribution in [0.15, 0.2) is 187 Å². The van der Waals surface area contributed by atoms with Gasteiger partial charge in [-0.05, 0) is 56.7 Å². The molecule has 9 rings (SSSR count). The maximum Gasteiger partial charge on any atom is 0.0629 e. The van der Waals surface area contributed by atoms with E-state index in [1.807, 2.05) is 122 Å². The van der Waals surface area contributed by atoms with Gasteiger partial charge in [0.1, 0.15) is 0 Å². The molecule has 1 radical (unpaired) electrons. The first-order valence-electron chi connectivity index (χ1n) is 16.0. The molecule has 239 valence electrons. The van der Waals surface area contributed by atoms with Gasteiger partial charge >= 0.3 is 0 Å².